The van der Waals surface area contributed by atoms with Gasteiger partial charge in [-0.1, -0.05) is 84.9 Å². The van der Waals surface area contributed by atoms with Gasteiger partial charge in [-0.05, 0) is 53.6 Å². The van der Waals surface area contributed by atoms with Gasteiger partial charge >= 0.3 is 18.2 Å². The highest BCUT2D eigenvalue weighted by molar-refractivity contribution is 5.85. The number of benzene rings is 4. The Bertz CT molecular complexity index is 1610. The average molecular weight is 607 g/mol. The van der Waals surface area contributed by atoms with Crippen molar-refractivity contribution >= 4 is 18.2 Å². The van der Waals surface area contributed by atoms with E-state index in [1.54, 1.807) is 0 Å². The van der Waals surface area contributed by atoms with Crippen LogP contribution >= 0.6 is 0 Å². The van der Waals surface area contributed by atoms with Gasteiger partial charge in [0.05, 0.1) is 5.92 Å². The van der Waals surface area contributed by atoms with E-state index in [4.69, 9.17) is 24.7 Å². The van der Waals surface area contributed by atoms with E-state index in [1.807, 2.05) is 97.1 Å². The van der Waals surface area contributed by atoms with Crippen LogP contribution in [0.2, 0.25) is 0 Å². The van der Waals surface area contributed by atoms with E-state index in [1.165, 1.54) is 0 Å². The van der Waals surface area contributed by atoms with Gasteiger partial charge in [0.1, 0.15) is 30.8 Å². The van der Waals surface area contributed by atoms with Gasteiger partial charge in [-0.25, -0.2) is 14.4 Å². The van der Waals surface area contributed by atoms with E-state index >= 15 is 0 Å². The molecule has 9 heteroatoms. The number of hydrogen-bond acceptors (Lipinski definition) is 8. The first kappa shape index (κ1) is 29.9. The molecule has 0 aromatic heterocycles. The molecule has 1 amide bonds. The van der Waals surface area contributed by atoms with Gasteiger partial charge in [0.15, 0.2) is 0 Å². The standard InChI is InChI=1S/C36H34N2O7/c37-31(34(39)45-36(41)43-22-29-25-13-3-1-11-23(25)24-12-2-4-14-26(24)29)17-9-10-20-38-35(40)42-21-30-27-15-5-7-18-32(27)44-33-19-8-6-16-28(30)33/h1-8,11-16,18-19,29-31H,9-10,17,20-22,37H2,(H,38,40)/t31-/m0/s1. The zero-order chi connectivity index (χ0) is 31.2. The Morgan fingerprint density at radius 2 is 1.20 bits per heavy atom. The second-order valence-electron chi connectivity index (χ2n) is 11.1. The van der Waals surface area contributed by atoms with Crippen molar-refractivity contribution in [1.29, 1.82) is 0 Å². The van der Waals surface area contributed by atoms with E-state index in [2.05, 4.69) is 5.32 Å². The number of para-hydroxylation sites is 2. The number of carbonyl (C=O) groups is 3. The first-order chi connectivity index (χ1) is 22.0. The minimum absolute atomic E-state index is 0.0463. The molecule has 0 unspecified atom stereocenters. The zero-order valence-corrected chi connectivity index (χ0v) is 24.6. The number of rotatable bonds is 10. The smallest absolute Gasteiger partial charge is 0.457 e. The summed E-state index contributed by atoms with van der Waals surface area (Å²) in [6.45, 7) is 0.550. The molecular weight excluding hydrogens is 572 g/mol. The van der Waals surface area contributed by atoms with Crippen LogP contribution in [0.4, 0.5) is 9.59 Å². The fourth-order valence-corrected chi connectivity index (χ4v) is 5.97. The van der Waals surface area contributed by atoms with E-state index in [0.29, 0.717) is 19.4 Å². The summed E-state index contributed by atoms with van der Waals surface area (Å²) in [5.41, 5.74) is 12.2. The van der Waals surface area contributed by atoms with Gasteiger partial charge in [0, 0.05) is 23.6 Å². The second kappa shape index (κ2) is 13.7. The number of fused-ring (bicyclic) bond motifs is 5. The monoisotopic (exact) mass is 606 g/mol. The third-order valence-corrected chi connectivity index (χ3v) is 8.22. The molecule has 6 rings (SSSR count). The Labute approximate surface area is 261 Å². The molecule has 0 radical (unpaired) electrons. The largest absolute Gasteiger partial charge is 0.516 e. The molecule has 1 aliphatic heterocycles. The van der Waals surface area contributed by atoms with Crippen molar-refractivity contribution in [3.05, 3.63) is 119 Å². The van der Waals surface area contributed by atoms with Crippen molar-refractivity contribution < 1.29 is 33.3 Å². The lowest BCUT2D eigenvalue weighted by Crippen LogP contribution is -2.34. The van der Waals surface area contributed by atoms with Gasteiger partial charge < -0.3 is 30.0 Å². The molecule has 4 aromatic rings. The van der Waals surface area contributed by atoms with Crippen molar-refractivity contribution in [3.8, 4) is 22.6 Å². The maximum atomic E-state index is 12.4. The molecular formula is C36H34N2O7. The molecule has 1 heterocycles. The highest BCUT2D eigenvalue weighted by atomic mass is 16.7. The molecule has 0 saturated heterocycles. The Morgan fingerprint density at radius 1 is 0.689 bits per heavy atom. The van der Waals surface area contributed by atoms with Crippen LogP contribution in [0.1, 0.15) is 53.4 Å². The predicted octanol–water partition coefficient (Wildman–Crippen LogP) is 6.64. The predicted molar refractivity (Wildman–Crippen MR) is 167 cm³/mol. The topological polar surface area (TPSA) is 126 Å². The lowest BCUT2D eigenvalue weighted by molar-refractivity contribution is -0.141. The third kappa shape index (κ3) is 6.68. The molecule has 0 spiro atoms. The number of esters is 1. The molecule has 45 heavy (non-hydrogen) atoms. The average Bonchev–Trinajstić information content (AvgIpc) is 3.38. The van der Waals surface area contributed by atoms with Crippen LogP contribution in [0.15, 0.2) is 97.1 Å². The summed E-state index contributed by atoms with van der Waals surface area (Å²) in [6, 6.07) is 30.4. The molecule has 0 fully saturated rings. The number of ether oxygens (including phenoxy) is 4. The first-order valence-electron chi connectivity index (χ1n) is 15.1. The minimum atomic E-state index is -1.07. The molecule has 9 nitrogen and oxygen atoms in total. The third-order valence-electron chi connectivity index (χ3n) is 8.22. The van der Waals surface area contributed by atoms with Gasteiger partial charge in [0.25, 0.3) is 0 Å². The highest BCUT2D eigenvalue weighted by Crippen LogP contribution is 2.45. The van der Waals surface area contributed by atoms with Crippen LogP contribution in [0, 0.1) is 0 Å². The maximum absolute atomic E-state index is 12.4. The number of alkyl carbamates (subject to hydrolysis) is 1. The summed E-state index contributed by atoms with van der Waals surface area (Å²) in [6.07, 6.45) is -0.236. The molecule has 1 atom stereocenters. The Hall–Kier alpha value is -5.15. The fourth-order valence-electron chi connectivity index (χ4n) is 5.97. The summed E-state index contributed by atoms with van der Waals surface area (Å²) in [4.78, 5) is 37.1. The molecule has 4 aromatic carbocycles. The van der Waals surface area contributed by atoms with Crippen LogP contribution in [0.5, 0.6) is 11.5 Å². The van der Waals surface area contributed by atoms with Crippen LogP contribution < -0.4 is 15.8 Å². The Kier molecular flexibility index (Phi) is 9.07. The van der Waals surface area contributed by atoms with Crippen LogP contribution in [0.3, 0.4) is 0 Å². The van der Waals surface area contributed by atoms with Crippen molar-refractivity contribution in [2.75, 3.05) is 19.8 Å². The molecule has 3 N–H and O–H groups in total. The number of unbranched alkanes of at least 4 members (excludes halogenated alkanes) is 1. The first-order valence-corrected chi connectivity index (χ1v) is 15.1. The Balaban J connectivity index is 0.892. The zero-order valence-electron chi connectivity index (χ0n) is 24.6. The lowest BCUT2D eigenvalue weighted by atomic mass is 9.89. The lowest BCUT2D eigenvalue weighted by Gasteiger charge is -2.27. The van der Waals surface area contributed by atoms with Gasteiger partial charge in [-0.3, -0.25) is 0 Å². The summed E-state index contributed by atoms with van der Waals surface area (Å²) >= 11 is 0. The fraction of sp³-hybridized carbons (Fsp3) is 0.250. The summed E-state index contributed by atoms with van der Waals surface area (Å²) < 4.78 is 21.7. The normalized spacial score (nSPS) is 13.7. The van der Waals surface area contributed by atoms with Gasteiger partial charge in [-0.15, -0.1) is 0 Å². The number of nitrogens with one attached hydrogen (secondary N) is 1. The highest BCUT2D eigenvalue weighted by Gasteiger charge is 2.30. The van der Waals surface area contributed by atoms with E-state index in [0.717, 1.165) is 44.9 Å². The van der Waals surface area contributed by atoms with Crippen LogP contribution in [-0.4, -0.2) is 44.0 Å². The van der Waals surface area contributed by atoms with E-state index in [-0.39, 0.29) is 31.5 Å². The van der Waals surface area contributed by atoms with Crippen LogP contribution in [0.25, 0.3) is 11.1 Å². The van der Waals surface area contributed by atoms with E-state index < -0.39 is 24.3 Å². The van der Waals surface area contributed by atoms with Gasteiger partial charge in [0.2, 0.25) is 0 Å². The number of nitrogens with two attached hydrogens (primary N) is 1. The number of carbonyl (C=O) groups excluding carboxylic acids is 3. The molecule has 1 aliphatic carbocycles. The molecule has 0 bridgehead atoms. The maximum Gasteiger partial charge on any atom is 0.516 e. The van der Waals surface area contributed by atoms with Crippen molar-refractivity contribution in [1.82, 2.24) is 5.32 Å². The molecule has 230 valence electrons. The van der Waals surface area contributed by atoms with E-state index in [9.17, 15) is 14.4 Å². The molecule has 2 aliphatic rings. The summed E-state index contributed by atoms with van der Waals surface area (Å²) in [7, 11) is 0. The van der Waals surface area contributed by atoms with Crippen molar-refractivity contribution in [2.45, 2.75) is 37.1 Å². The van der Waals surface area contributed by atoms with Crippen molar-refractivity contribution in [2.24, 2.45) is 5.73 Å². The SMILES string of the molecule is N[C@@H](CCCCNC(=O)OCC1c2ccccc2Oc2ccccc21)C(=O)OC(=O)OCC1c2ccccc2-c2ccccc21. The minimum Gasteiger partial charge on any atom is -0.457 e. The van der Waals surface area contributed by atoms with Crippen LogP contribution in [-0.2, 0) is 19.0 Å². The number of hydrogen-bond donors (Lipinski definition) is 2. The number of amides is 1. The molecule has 0 saturated carbocycles. The second-order valence-corrected chi connectivity index (χ2v) is 11.1. The Morgan fingerprint density at radius 3 is 1.82 bits per heavy atom. The van der Waals surface area contributed by atoms with Crippen molar-refractivity contribution in [3.63, 3.8) is 0 Å². The summed E-state index contributed by atoms with van der Waals surface area (Å²) in [5, 5.41) is 2.74. The quantitative estimate of drug-likeness (QED) is 0.117. The van der Waals surface area contributed by atoms with Gasteiger partial charge in [-0.2, -0.15) is 0 Å². The summed E-state index contributed by atoms with van der Waals surface area (Å²) in [5.74, 6) is 0.364.